The normalized spacial score (nSPS) is 20.2. The van der Waals surface area contributed by atoms with Gasteiger partial charge in [-0.3, -0.25) is 9.89 Å². The molecule has 1 saturated heterocycles. The summed E-state index contributed by atoms with van der Waals surface area (Å²) < 4.78 is 0. The number of nitrogens with one attached hydrogen (secondary N) is 2. The summed E-state index contributed by atoms with van der Waals surface area (Å²) >= 11 is 0. The van der Waals surface area contributed by atoms with Crippen molar-refractivity contribution in [1.29, 1.82) is 0 Å². The number of fused-ring (bicyclic) bond motifs is 1. The number of rotatable bonds is 4. The first-order valence-electron chi connectivity index (χ1n) is 9.85. The second-order valence-corrected chi connectivity index (χ2v) is 7.72. The van der Waals surface area contributed by atoms with Gasteiger partial charge in [0.25, 0.3) is 0 Å². The molecule has 7 heteroatoms. The van der Waals surface area contributed by atoms with Crippen molar-refractivity contribution in [3.63, 3.8) is 0 Å². The molecule has 2 heterocycles. The lowest BCUT2D eigenvalue weighted by Gasteiger charge is -2.27. The van der Waals surface area contributed by atoms with E-state index in [0.717, 1.165) is 44.3 Å². The lowest BCUT2D eigenvalue weighted by Crippen LogP contribution is -2.47. The average molecular weight is 361 g/mol. The van der Waals surface area contributed by atoms with Crippen molar-refractivity contribution in [2.24, 2.45) is 0 Å². The lowest BCUT2D eigenvalue weighted by molar-refractivity contribution is -0.121. The summed E-state index contributed by atoms with van der Waals surface area (Å²) in [7, 11) is 3.54. The first-order chi connectivity index (χ1) is 12.5. The Labute approximate surface area is 155 Å². The summed E-state index contributed by atoms with van der Waals surface area (Å²) in [5.74, 6) is 0.0571. The highest BCUT2D eigenvalue weighted by molar-refractivity contribution is 5.77. The van der Waals surface area contributed by atoms with Crippen molar-refractivity contribution in [2.75, 3.05) is 27.2 Å². The predicted molar refractivity (Wildman–Crippen MR) is 100.0 cm³/mol. The summed E-state index contributed by atoms with van der Waals surface area (Å²) in [4.78, 5) is 28.1. The lowest BCUT2D eigenvalue weighted by atomic mass is 9.94. The zero-order valence-electron chi connectivity index (χ0n) is 16.0. The minimum atomic E-state index is 0.0225. The first-order valence-corrected chi connectivity index (χ1v) is 9.85. The Hall–Kier alpha value is -2.05. The molecule has 0 radical (unpaired) electrons. The molecule has 7 nitrogen and oxygen atoms in total. The third-order valence-electron chi connectivity index (χ3n) is 5.42. The minimum Gasteiger partial charge on any atom is -0.352 e. The molecule has 1 aliphatic carbocycles. The fraction of sp³-hybridized carbons (Fsp3) is 0.737. The van der Waals surface area contributed by atoms with Gasteiger partial charge in [0.05, 0.1) is 5.69 Å². The fourth-order valence-electron chi connectivity index (χ4n) is 4.00. The maximum Gasteiger partial charge on any atom is 0.319 e. The molecular weight excluding hydrogens is 330 g/mol. The third kappa shape index (κ3) is 4.56. The van der Waals surface area contributed by atoms with Gasteiger partial charge in [0, 0.05) is 51.8 Å². The molecule has 1 aromatic rings. The number of hydrogen-bond acceptors (Lipinski definition) is 3. The van der Waals surface area contributed by atoms with E-state index in [9.17, 15) is 9.59 Å². The number of urea groups is 1. The van der Waals surface area contributed by atoms with E-state index >= 15 is 0 Å². The minimum absolute atomic E-state index is 0.0225. The van der Waals surface area contributed by atoms with Crippen LogP contribution in [0, 0.1) is 0 Å². The third-order valence-corrected chi connectivity index (χ3v) is 5.42. The van der Waals surface area contributed by atoms with Gasteiger partial charge < -0.3 is 15.1 Å². The molecule has 2 N–H and O–H groups in total. The van der Waals surface area contributed by atoms with Crippen LogP contribution < -0.4 is 5.32 Å². The Bertz CT molecular complexity index is 640. The van der Waals surface area contributed by atoms with Crippen molar-refractivity contribution < 1.29 is 9.59 Å². The van der Waals surface area contributed by atoms with Crippen LogP contribution in [0.5, 0.6) is 0 Å². The standard InChI is InChI=1S/C19H31N5O2/c1-23(2)19(26)24-12-6-5-7-14(13-24)20-18(25)11-10-17-15-8-3-4-9-16(15)21-22-17/h14H,3-13H2,1-2H3,(H,20,25)(H,21,22)/t14-/m0/s1. The molecule has 0 saturated carbocycles. The molecule has 0 aromatic carbocycles. The molecule has 26 heavy (non-hydrogen) atoms. The number of aromatic nitrogens is 2. The van der Waals surface area contributed by atoms with Crippen molar-refractivity contribution in [1.82, 2.24) is 25.3 Å². The molecule has 0 spiro atoms. The van der Waals surface area contributed by atoms with Gasteiger partial charge in [-0.1, -0.05) is 0 Å². The zero-order chi connectivity index (χ0) is 18.5. The van der Waals surface area contributed by atoms with Crippen LogP contribution >= 0.6 is 0 Å². The van der Waals surface area contributed by atoms with Crippen molar-refractivity contribution in [3.8, 4) is 0 Å². The van der Waals surface area contributed by atoms with Gasteiger partial charge in [-0.25, -0.2) is 4.79 Å². The number of nitrogens with zero attached hydrogens (tertiary/aromatic N) is 3. The van der Waals surface area contributed by atoms with Crippen LogP contribution in [0.1, 0.15) is 55.5 Å². The summed E-state index contributed by atoms with van der Waals surface area (Å²) in [6.45, 7) is 1.36. The van der Waals surface area contributed by atoms with Crippen LogP contribution in [0.25, 0.3) is 0 Å². The number of carbonyl (C=O) groups excluding carboxylic acids is 2. The van der Waals surface area contributed by atoms with E-state index in [1.807, 2.05) is 4.90 Å². The Morgan fingerprint density at radius 3 is 2.85 bits per heavy atom. The van der Waals surface area contributed by atoms with Crippen LogP contribution in [0.3, 0.4) is 0 Å². The molecule has 1 atom stereocenters. The van der Waals surface area contributed by atoms with Gasteiger partial charge in [0.1, 0.15) is 0 Å². The molecule has 0 bridgehead atoms. The van der Waals surface area contributed by atoms with Crippen LogP contribution in [0.15, 0.2) is 0 Å². The second-order valence-electron chi connectivity index (χ2n) is 7.72. The van der Waals surface area contributed by atoms with Gasteiger partial charge in [0.15, 0.2) is 0 Å². The average Bonchev–Trinajstić information content (AvgIpc) is 2.90. The Morgan fingerprint density at radius 2 is 2.04 bits per heavy atom. The Balaban J connectivity index is 1.50. The summed E-state index contributed by atoms with van der Waals surface area (Å²) in [6.07, 6.45) is 8.68. The highest BCUT2D eigenvalue weighted by Gasteiger charge is 2.24. The predicted octanol–water partition coefficient (Wildman–Crippen LogP) is 1.87. The molecule has 0 unspecified atom stereocenters. The Kier molecular flexibility index (Phi) is 6.16. The van der Waals surface area contributed by atoms with Crippen LogP contribution in [-0.4, -0.2) is 65.2 Å². The molecule has 1 aromatic heterocycles. The fourth-order valence-corrected chi connectivity index (χ4v) is 4.00. The number of H-pyrrole nitrogens is 1. The molecule has 1 fully saturated rings. The van der Waals surface area contributed by atoms with E-state index in [0.29, 0.717) is 19.4 Å². The SMILES string of the molecule is CN(C)C(=O)N1CCCC[C@H](NC(=O)CCc2n[nH]c3c2CCCC3)C1. The topological polar surface area (TPSA) is 81.3 Å². The molecule has 3 amide bonds. The van der Waals surface area contributed by atoms with Crippen LogP contribution in [-0.2, 0) is 24.1 Å². The number of amides is 3. The largest absolute Gasteiger partial charge is 0.352 e. The van der Waals surface area contributed by atoms with Gasteiger partial charge in [0.2, 0.25) is 5.91 Å². The highest BCUT2D eigenvalue weighted by Crippen LogP contribution is 2.23. The van der Waals surface area contributed by atoms with E-state index < -0.39 is 0 Å². The number of aryl methyl sites for hydroxylation is 2. The monoisotopic (exact) mass is 361 g/mol. The zero-order valence-corrected chi connectivity index (χ0v) is 16.0. The van der Waals surface area contributed by atoms with E-state index in [1.165, 1.54) is 24.1 Å². The number of hydrogen-bond donors (Lipinski definition) is 2. The van der Waals surface area contributed by atoms with Crippen LogP contribution in [0.4, 0.5) is 4.79 Å². The molecule has 3 rings (SSSR count). The van der Waals surface area contributed by atoms with Crippen molar-refractivity contribution >= 4 is 11.9 Å². The van der Waals surface area contributed by atoms with Gasteiger partial charge in [-0.2, -0.15) is 5.10 Å². The summed E-state index contributed by atoms with van der Waals surface area (Å²) in [5, 5.41) is 10.7. The molecule has 1 aliphatic heterocycles. The number of likely N-dealkylation sites (tertiary alicyclic amines) is 1. The highest BCUT2D eigenvalue weighted by atomic mass is 16.2. The number of carbonyl (C=O) groups is 2. The second kappa shape index (κ2) is 8.56. The maximum atomic E-state index is 12.4. The van der Waals surface area contributed by atoms with Crippen molar-refractivity contribution in [3.05, 3.63) is 17.0 Å². The first kappa shape index (κ1) is 18.7. The maximum absolute atomic E-state index is 12.4. The summed E-state index contributed by atoms with van der Waals surface area (Å²) in [5.41, 5.74) is 3.65. The van der Waals surface area contributed by atoms with E-state index in [4.69, 9.17) is 0 Å². The quantitative estimate of drug-likeness (QED) is 0.859. The molecular formula is C19H31N5O2. The van der Waals surface area contributed by atoms with Gasteiger partial charge in [-0.05, 0) is 50.5 Å². The van der Waals surface area contributed by atoms with Crippen LogP contribution in [0.2, 0.25) is 0 Å². The summed E-state index contributed by atoms with van der Waals surface area (Å²) in [6, 6.07) is 0.0660. The number of aromatic amines is 1. The van der Waals surface area contributed by atoms with Gasteiger partial charge >= 0.3 is 6.03 Å². The molecule has 144 valence electrons. The Morgan fingerprint density at radius 1 is 1.23 bits per heavy atom. The van der Waals surface area contributed by atoms with E-state index in [1.54, 1.807) is 19.0 Å². The van der Waals surface area contributed by atoms with Crippen molar-refractivity contribution in [2.45, 2.75) is 63.8 Å². The smallest absolute Gasteiger partial charge is 0.319 e. The van der Waals surface area contributed by atoms with Gasteiger partial charge in [-0.15, -0.1) is 0 Å². The molecule has 2 aliphatic rings. The van der Waals surface area contributed by atoms with E-state index in [2.05, 4.69) is 15.5 Å². The van der Waals surface area contributed by atoms with E-state index in [-0.39, 0.29) is 18.0 Å².